The molecule has 2 aromatic rings. The lowest BCUT2D eigenvalue weighted by Gasteiger charge is -2.32. The van der Waals surface area contributed by atoms with Crippen molar-refractivity contribution in [3.63, 3.8) is 0 Å². The molecule has 3 rings (SSSR count). The van der Waals surface area contributed by atoms with Crippen molar-refractivity contribution in [1.29, 1.82) is 0 Å². The van der Waals surface area contributed by atoms with Crippen LogP contribution in [0.5, 0.6) is 11.5 Å². The molecule has 22 heavy (non-hydrogen) atoms. The second-order valence-corrected chi connectivity index (χ2v) is 5.76. The standard InChI is InChI=1S/C19H23NO2/c1-21-17-7-9-18(10-8-17)22-14-16-13-20-12-11-19(16)15-5-3-2-4-6-15/h2-10,16,19-20H,11-14H2,1H3/t16-,19+/m1/s1. The monoisotopic (exact) mass is 297 g/mol. The van der Waals surface area contributed by atoms with Crippen LogP contribution in [-0.4, -0.2) is 26.8 Å². The third kappa shape index (κ3) is 3.60. The molecule has 1 aliphatic heterocycles. The quantitative estimate of drug-likeness (QED) is 0.916. The summed E-state index contributed by atoms with van der Waals surface area (Å²) < 4.78 is 11.2. The second-order valence-electron chi connectivity index (χ2n) is 5.76. The van der Waals surface area contributed by atoms with E-state index in [0.717, 1.165) is 31.2 Å². The van der Waals surface area contributed by atoms with Gasteiger partial charge in [-0.25, -0.2) is 0 Å². The molecule has 0 aromatic heterocycles. The summed E-state index contributed by atoms with van der Waals surface area (Å²) in [7, 11) is 1.67. The van der Waals surface area contributed by atoms with Crippen molar-refractivity contribution in [2.45, 2.75) is 12.3 Å². The molecule has 0 aliphatic carbocycles. The van der Waals surface area contributed by atoms with Gasteiger partial charge >= 0.3 is 0 Å². The van der Waals surface area contributed by atoms with Crippen LogP contribution in [0.4, 0.5) is 0 Å². The molecule has 0 unspecified atom stereocenters. The number of methoxy groups -OCH3 is 1. The first-order valence-corrected chi connectivity index (χ1v) is 7.89. The van der Waals surface area contributed by atoms with E-state index >= 15 is 0 Å². The third-order valence-corrected chi connectivity index (χ3v) is 4.36. The Morgan fingerprint density at radius 2 is 1.73 bits per heavy atom. The molecule has 116 valence electrons. The van der Waals surface area contributed by atoms with Gasteiger partial charge in [-0.05, 0) is 48.7 Å². The van der Waals surface area contributed by atoms with Crippen LogP contribution in [0.3, 0.4) is 0 Å². The lowest BCUT2D eigenvalue weighted by atomic mass is 9.81. The molecule has 1 N–H and O–H groups in total. The number of rotatable bonds is 5. The van der Waals surface area contributed by atoms with Gasteiger partial charge in [-0.2, -0.15) is 0 Å². The van der Waals surface area contributed by atoms with Gasteiger partial charge in [-0.3, -0.25) is 0 Å². The van der Waals surface area contributed by atoms with E-state index in [1.165, 1.54) is 12.0 Å². The van der Waals surface area contributed by atoms with Gasteiger partial charge in [0.15, 0.2) is 0 Å². The summed E-state index contributed by atoms with van der Waals surface area (Å²) in [5, 5.41) is 3.49. The maximum absolute atomic E-state index is 6.00. The maximum atomic E-state index is 6.00. The number of ether oxygens (including phenoxy) is 2. The fourth-order valence-electron chi connectivity index (χ4n) is 3.11. The lowest BCUT2D eigenvalue weighted by Crippen LogP contribution is -2.38. The maximum Gasteiger partial charge on any atom is 0.119 e. The molecule has 2 aromatic carbocycles. The Hall–Kier alpha value is -2.00. The number of nitrogens with one attached hydrogen (secondary N) is 1. The Bertz CT molecular complexity index is 568. The normalized spacial score (nSPS) is 21.3. The number of piperidine rings is 1. The zero-order valence-electron chi connectivity index (χ0n) is 13.0. The van der Waals surface area contributed by atoms with E-state index in [1.807, 2.05) is 24.3 Å². The largest absolute Gasteiger partial charge is 0.497 e. The van der Waals surface area contributed by atoms with Crippen LogP contribution in [-0.2, 0) is 0 Å². The first kappa shape index (κ1) is 14.9. The highest BCUT2D eigenvalue weighted by molar-refractivity contribution is 5.31. The third-order valence-electron chi connectivity index (χ3n) is 4.36. The molecule has 1 saturated heterocycles. The van der Waals surface area contributed by atoms with Gasteiger partial charge in [0, 0.05) is 12.5 Å². The minimum absolute atomic E-state index is 0.498. The first-order valence-electron chi connectivity index (χ1n) is 7.89. The first-order chi connectivity index (χ1) is 10.9. The molecule has 0 radical (unpaired) electrons. The summed E-state index contributed by atoms with van der Waals surface area (Å²) in [6.07, 6.45) is 1.17. The van der Waals surface area contributed by atoms with Crippen molar-refractivity contribution >= 4 is 0 Å². The molecule has 3 nitrogen and oxygen atoms in total. The minimum Gasteiger partial charge on any atom is -0.497 e. The summed E-state index contributed by atoms with van der Waals surface area (Å²) >= 11 is 0. The van der Waals surface area contributed by atoms with E-state index in [0.29, 0.717) is 11.8 Å². The van der Waals surface area contributed by atoms with Crippen LogP contribution < -0.4 is 14.8 Å². The average Bonchev–Trinajstić information content (AvgIpc) is 2.61. The molecular formula is C19H23NO2. The summed E-state index contributed by atoms with van der Waals surface area (Å²) in [6.45, 7) is 2.83. The molecule has 2 atom stereocenters. The van der Waals surface area contributed by atoms with Gasteiger partial charge in [0.2, 0.25) is 0 Å². The number of hydrogen-bond donors (Lipinski definition) is 1. The lowest BCUT2D eigenvalue weighted by molar-refractivity contribution is 0.197. The van der Waals surface area contributed by atoms with Gasteiger partial charge in [0.25, 0.3) is 0 Å². The molecule has 0 bridgehead atoms. The van der Waals surface area contributed by atoms with Crippen molar-refractivity contribution in [1.82, 2.24) is 5.32 Å². The van der Waals surface area contributed by atoms with Gasteiger partial charge in [-0.15, -0.1) is 0 Å². The molecular weight excluding hydrogens is 274 g/mol. The van der Waals surface area contributed by atoms with Crippen molar-refractivity contribution in [3.8, 4) is 11.5 Å². The Morgan fingerprint density at radius 3 is 2.45 bits per heavy atom. The molecule has 0 saturated carbocycles. The van der Waals surface area contributed by atoms with Crippen molar-refractivity contribution in [3.05, 3.63) is 60.2 Å². The van der Waals surface area contributed by atoms with E-state index < -0.39 is 0 Å². The second kappa shape index (κ2) is 7.32. The molecule has 1 heterocycles. The molecule has 0 amide bonds. The van der Waals surface area contributed by atoms with Crippen molar-refractivity contribution in [2.75, 3.05) is 26.8 Å². The van der Waals surface area contributed by atoms with Crippen molar-refractivity contribution < 1.29 is 9.47 Å². The van der Waals surface area contributed by atoms with Gasteiger partial charge in [-0.1, -0.05) is 30.3 Å². The number of hydrogen-bond acceptors (Lipinski definition) is 3. The predicted octanol–water partition coefficient (Wildman–Crippen LogP) is 3.47. The van der Waals surface area contributed by atoms with E-state index in [4.69, 9.17) is 9.47 Å². The SMILES string of the molecule is COc1ccc(OC[C@H]2CNCC[C@H]2c2ccccc2)cc1. The van der Waals surface area contributed by atoms with Gasteiger partial charge in [0.05, 0.1) is 13.7 Å². The van der Waals surface area contributed by atoms with Crippen molar-refractivity contribution in [2.24, 2.45) is 5.92 Å². The minimum atomic E-state index is 0.498. The highest BCUT2D eigenvalue weighted by Gasteiger charge is 2.26. The highest BCUT2D eigenvalue weighted by atomic mass is 16.5. The van der Waals surface area contributed by atoms with Crippen LogP contribution in [0.1, 0.15) is 17.9 Å². The molecule has 1 fully saturated rings. The van der Waals surface area contributed by atoms with Gasteiger partial charge in [0.1, 0.15) is 11.5 Å². The van der Waals surface area contributed by atoms with E-state index in [9.17, 15) is 0 Å². The number of benzene rings is 2. The van der Waals surface area contributed by atoms with E-state index in [2.05, 4.69) is 35.6 Å². The summed E-state index contributed by atoms with van der Waals surface area (Å²) in [5.41, 5.74) is 1.42. The summed E-state index contributed by atoms with van der Waals surface area (Å²) in [5.74, 6) is 2.82. The Labute approximate surface area is 132 Å². The Balaban J connectivity index is 1.64. The Kier molecular flexibility index (Phi) is 4.96. The zero-order chi connectivity index (χ0) is 15.2. The zero-order valence-corrected chi connectivity index (χ0v) is 13.0. The smallest absolute Gasteiger partial charge is 0.119 e. The fourth-order valence-corrected chi connectivity index (χ4v) is 3.11. The summed E-state index contributed by atoms with van der Waals surface area (Å²) in [6, 6.07) is 18.6. The molecule has 1 aliphatic rings. The fraction of sp³-hybridized carbons (Fsp3) is 0.368. The van der Waals surface area contributed by atoms with E-state index in [-0.39, 0.29) is 0 Å². The van der Waals surface area contributed by atoms with Gasteiger partial charge < -0.3 is 14.8 Å². The van der Waals surface area contributed by atoms with Crippen LogP contribution in [0.2, 0.25) is 0 Å². The van der Waals surface area contributed by atoms with Crippen LogP contribution in [0.15, 0.2) is 54.6 Å². The Morgan fingerprint density at radius 1 is 1.00 bits per heavy atom. The molecule has 0 spiro atoms. The average molecular weight is 297 g/mol. The predicted molar refractivity (Wildman–Crippen MR) is 88.6 cm³/mol. The van der Waals surface area contributed by atoms with E-state index in [1.54, 1.807) is 7.11 Å². The topological polar surface area (TPSA) is 30.5 Å². The molecule has 3 heteroatoms. The summed E-state index contributed by atoms with van der Waals surface area (Å²) in [4.78, 5) is 0. The van der Waals surface area contributed by atoms with Crippen LogP contribution in [0.25, 0.3) is 0 Å². The van der Waals surface area contributed by atoms with Crippen LogP contribution in [0, 0.1) is 5.92 Å². The highest BCUT2D eigenvalue weighted by Crippen LogP contribution is 2.31. The van der Waals surface area contributed by atoms with Crippen LogP contribution >= 0.6 is 0 Å².